The second kappa shape index (κ2) is 8.28. The summed E-state index contributed by atoms with van der Waals surface area (Å²) in [6.45, 7) is 5.19. The molecule has 1 spiro atoms. The number of hydrogen-bond acceptors (Lipinski definition) is 4. The number of amides is 2. The number of likely N-dealkylation sites (tertiary alicyclic amines) is 2. The maximum atomic E-state index is 13.1. The third kappa shape index (κ3) is 3.96. The molecule has 31 heavy (non-hydrogen) atoms. The van der Waals surface area contributed by atoms with Crippen molar-refractivity contribution in [2.24, 2.45) is 5.41 Å². The minimum absolute atomic E-state index is 0.0356. The van der Waals surface area contributed by atoms with Crippen molar-refractivity contribution in [3.05, 3.63) is 36.0 Å². The van der Waals surface area contributed by atoms with Crippen molar-refractivity contribution in [3.8, 4) is 0 Å². The van der Waals surface area contributed by atoms with Crippen LogP contribution in [0.2, 0.25) is 0 Å². The van der Waals surface area contributed by atoms with Crippen LogP contribution in [-0.2, 0) is 20.7 Å². The number of carbonyl (C=O) groups excluding carboxylic acids is 2. The minimum atomic E-state index is -0.0356. The number of morpholine rings is 1. The maximum Gasteiger partial charge on any atom is 0.240 e. The molecule has 3 fully saturated rings. The lowest BCUT2D eigenvalue weighted by atomic mass is 9.76. The van der Waals surface area contributed by atoms with Gasteiger partial charge in [-0.3, -0.25) is 14.5 Å². The molecule has 3 aliphatic rings. The summed E-state index contributed by atoms with van der Waals surface area (Å²) in [5.41, 5.74) is 2.30. The molecule has 2 amide bonds. The second-order valence-corrected chi connectivity index (χ2v) is 9.49. The van der Waals surface area contributed by atoms with E-state index >= 15 is 0 Å². The number of likely N-dealkylation sites (N-methyl/N-ethyl adjacent to an activating group) is 1. The van der Waals surface area contributed by atoms with Gasteiger partial charge < -0.3 is 19.5 Å². The zero-order valence-corrected chi connectivity index (χ0v) is 18.3. The van der Waals surface area contributed by atoms with Crippen molar-refractivity contribution in [1.29, 1.82) is 0 Å². The first-order valence-corrected chi connectivity index (χ1v) is 11.4. The molecule has 1 atom stereocenters. The second-order valence-electron chi connectivity index (χ2n) is 9.49. The predicted octanol–water partition coefficient (Wildman–Crippen LogP) is 1.88. The van der Waals surface area contributed by atoms with Crippen LogP contribution in [0.3, 0.4) is 0 Å². The van der Waals surface area contributed by atoms with Crippen LogP contribution in [0.5, 0.6) is 0 Å². The third-order valence-electron chi connectivity index (χ3n) is 7.54. The highest BCUT2D eigenvalue weighted by molar-refractivity contribution is 5.89. The molecule has 0 radical (unpaired) electrons. The van der Waals surface area contributed by atoms with Crippen molar-refractivity contribution < 1.29 is 14.3 Å². The summed E-state index contributed by atoms with van der Waals surface area (Å²) >= 11 is 0. The number of nitrogens with zero attached hydrogens (tertiary/aromatic N) is 3. The number of ether oxygens (including phenoxy) is 1. The van der Waals surface area contributed by atoms with Gasteiger partial charge in [0.15, 0.2) is 0 Å². The van der Waals surface area contributed by atoms with E-state index in [1.807, 2.05) is 34.2 Å². The van der Waals surface area contributed by atoms with Crippen molar-refractivity contribution in [2.75, 3.05) is 53.0 Å². The molecule has 3 saturated heterocycles. The molecular formula is C24H32N4O3. The Hall–Kier alpha value is -2.38. The van der Waals surface area contributed by atoms with Gasteiger partial charge in [0.1, 0.15) is 0 Å². The van der Waals surface area contributed by atoms with Crippen LogP contribution >= 0.6 is 0 Å². The van der Waals surface area contributed by atoms with Crippen LogP contribution in [0.1, 0.15) is 24.8 Å². The van der Waals surface area contributed by atoms with Crippen LogP contribution in [0.25, 0.3) is 10.9 Å². The number of benzene rings is 1. The highest BCUT2D eigenvalue weighted by atomic mass is 16.5. The lowest BCUT2D eigenvalue weighted by Crippen LogP contribution is -2.48. The molecule has 7 heteroatoms. The zero-order chi connectivity index (χ0) is 21.4. The van der Waals surface area contributed by atoms with Gasteiger partial charge in [-0.2, -0.15) is 0 Å². The smallest absolute Gasteiger partial charge is 0.240 e. The molecule has 1 aromatic heterocycles. The molecule has 1 aromatic carbocycles. The van der Waals surface area contributed by atoms with Crippen molar-refractivity contribution in [3.63, 3.8) is 0 Å². The standard InChI is InChI=1S/C24H32N4O3/c1-26-17-24(15-21(26)23(30)28-10-12-31-13-11-28)6-8-27(9-7-24)22(29)14-18-16-25-20-5-3-2-4-19(18)20/h2-5,16,21,25H,6-15,17H2,1H3. The lowest BCUT2D eigenvalue weighted by Gasteiger charge is -2.39. The summed E-state index contributed by atoms with van der Waals surface area (Å²) in [4.78, 5) is 35.5. The normalized spacial score (nSPS) is 24.2. The average Bonchev–Trinajstić information content (AvgIpc) is 3.35. The van der Waals surface area contributed by atoms with Gasteiger partial charge in [-0.15, -0.1) is 0 Å². The fraction of sp³-hybridized carbons (Fsp3) is 0.583. The Morgan fingerprint density at radius 3 is 2.61 bits per heavy atom. The molecule has 0 bridgehead atoms. The number of piperidine rings is 1. The van der Waals surface area contributed by atoms with Crippen LogP contribution < -0.4 is 0 Å². The summed E-state index contributed by atoms with van der Waals surface area (Å²) in [5, 5.41) is 1.13. The first kappa shape index (κ1) is 20.5. The molecule has 0 aliphatic carbocycles. The van der Waals surface area contributed by atoms with E-state index in [9.17, 15) is 9.59 Å². The summed E-state index contributed by atoms with van der Waals surface area (Å²) in [5.74, 6) is 0.451. The van der Waals surface area contributed by atoms with Gasteiger partial charge in [0.25, 0.3) is 0 Å². The number of fused-ring (bicyclic) bond motifs is 1. The Bertz CT molecular complexity index is 957. The summed E-state index contributed by atoms with van der Waals surface area (Å²) in [6.07, 6.45) is 5.26. The summed E-state index contributed by atoms with van der Waals surface area (Å²) < 4.78 is 5.40. The molecule has 4 heterocycles. The number of aromatic amines is 1. The number of hydrogen-bond donors (Lipinski definition) is 1. The molecule has 1 N–H and O–H groups in total. The Morgan fingerprint density at radius 1 is 1.10 bits per heavy atom. The Morgan fingerprint density at radius 2 is 1.84 bits per heavy atom. The van der Waals surface area contributed by atoms with E-state index in [2.05, 4.69) is 23.0 Å². The molecule has 3 aliphatic heterocycles. The first-order valence-electron chi connectivity index (χ1n) is 11.4. The van der Waals surface area contributed by atoms with Gasteiger partial charge in [0.05, 0.1) is 25.7 Å². The fourth-order valence-corrected chi connectivity index (χ4v) is 5.69. The molecule has 7 nitrogen and oxygen atoms in total. The van der Waals surface area contributed by atoms with E-state index in [1.54, 1.807) is 0 Å². The molecule has 166 valence electrons. The first-order chi connectivity index (χ1) is 15.0. The highest BCUT2D eigenvalue weighted by Gasteiger charge is 2.48. The van der Waals surface area contributed by atoms with Crippen LogP contribution in [0.4, 0.5) is 0 Å². The highest BCUT2D eigenvalue weighted by Crippen LogP contribution is 2.43. The topological polar surface area (TPSA) is 68.9 Å². The van der Waals surface area contributed by atoms with Crippen molar-refractivity contribution in [1.82, 2.24) is 19.7 Å². The van der Waals surface area contributed by atoms with Gasteiger partial charge >= 0.3 is 0 Å². The van der Waals surface area contributed by atoms with Gasteiger partial charge in [-0.05, 0) is 43.4 Å². The SMILES string of the molecule is CN1CC2(CCN(C(=O)Cc3c[nH]c4ccccc34)CC2)CC1C(=O)N1CCOCC1. The Balaban J connectivity index is 1.19. The van der Waals surface area contributed by atoms with Gasteiger partial charge in [-0.25, -0.2) is 0 Å². The van der Waals surface area contributed by atoms with Crippen LogP contribution in [-0.4, -0.2) is 90.5 Å². The van der Waals surface area contributed by atoms with Gasteiger partial charge in [0, 0.05) is 49.8 Å². The average molecular weight is 425 g/mol. The quantitative estimate of drug-likeness (QED) is 0.817. The fourth-order valence-electron chi connectivity index (χ4n) is 5.69. The van der Waals surface area contributed by atoms with E-state index < -0.39 is 0 Å². The van der Waals surface area contributed by atoms with E-state index in [1.165, 1.54) is 0 Å². The van der Waals surface area contributed by atoms with Crippen LogP contribution in [0, 0.1) is 5.41 Å². The number of nitrogens with one attached hydrogen (secondary N) is 1. The molecular weight excluding hydrogens is 392 g/mol. The molecule has 5 rings (SSSR count). The van der Waals surface area contributed by atoms with E-state index in [4.69, 9.17) is 4.74 Å². The van der Waals surface area contributed by atoms with Crippen molar-refractivity contribution in [2.45, 2.75) is 31.7 Å². The summed E-state index contributed by atoms with van der Waals surface area (Å²) in [6, 6.07) is 8.09. The zero-order valence-electron chi connectivity index (χ0n) is 18.3. The number of carbonyl (C=O) groups is 2. The minimum Gasteiger partial charge on any atom is -0.378 e. The lowest BCUT2D eigenvalue weighted by molar-refractivity contribution is -0.140. The van der Waals surface area contributed by atoms with Crippen molar-refractivity contribution >= 4 is 22.7 Å². The Kier molecular flexibility index (Phi) is 5.48. The molecule has 2 aromatic rings. The van der Waals surface area contributed by atoms with E-state index in [0.29, 0.717) is 32.7 Å². The van der Waals surface area contributed by atoms with Crippen LogP contribution in [0.15, 0.2) is 30.5 Å². The van der Waals surface area contributed by atoms with Gasteiger partial charge in [0.2, 0.25) is 11.8 Å². The number of para-hydroxylation sites is 1. The Labute approximate surface area is 183 Å². The molecule has 1 unspecified atom stereocenters. The number of H-pyrrole nitrogens is 1. The monoisotopic (exact) mass is 424 g/mol. The molecule has 0 saturated carbocycles. The van der Waals surface area contributed by atoms with E-state index in [-0.39, 0.29) is 23.3 Å². The third-order valence-corrected chi connectivity index (χ3v) is 7.54. The van der Waals surface area contributed by atoms with E-state index in [0.717, 1.165) is 55.4 Å². The number of rotatable bonds is 3. The van der Waals surface area contributed by atoms with Gasteiger partial charge in [-0.1, -0.05) is 18.2 Å². The largest absolute Gasteiger partial charge is 0.378 e. The number of aromatic nitrogens is 1. The maximum absolute atomic E-state index is 13.1. The predicted molar refractivity (Wildman–Crippen MR) is 119 cm³/mol. The summed E-state index contributed by atoms with van der Waals surface area (Å²) in [7, 11) is 2.08.